The number of carboxylic acids is 1. The van der Waals surface area contributed by atoms with E-state index in [9.17, 15) is 19.5 Å². The number of benzene rings is 2. The van der Waals surface area contributed by atoms with Gasteiger partial charge in [-0.15, -0.1) is 5.10 Å². The van der Waals surface area contributed by atoms with Crippen molar-refractivity contribution in [2.45, 2.75) is 12.8 Å². The zero-order valence-corrected chi connectivity index (χ0v) is 18.1. The average molecular weight is 423 g/mol. The van der Waals surface area contributed by atoms with Gasteiger partial charge in [0.05, 0.1) is 11.5 Å². The zero-order valence-electron chi connectivity index (χ0n) is 16.1. The molecule has 0 bridgehead atoms. The van der Waals surface area contributed by atoms with Gasteiger partial charge < -0.3 is 30.7 Å². The summed E-state index contributed by atoms with van der Waals surface area (Å²) in [7, 11) is 0. The number of rotatable bonds is 7. The Balaban J connectivity index is 0.00000225. The standard InChI is InChI=1S/C18H17N5O5.Na.H2O/c24-15(10-19-18(27)28-11-12-6-2-1-3-7-12)20-16(17(25)26)23-14-9-5-4-8-13(14)21-22-23;;/h1-9,16H,10-11H2,(H,19,27)(H,20,24)(H,25,26);;1H2/q;+1;/p-1. The van der Waals surface area contributed by atoms with Gasteiger partial charge in [0.25, 0.3) is 0 Å². The topological polar surface area (TPSA) is 170 Å². The number of ether oxygens (including phenoxy) is 1. The van der Waals surface area contributed by atoms with E-state index in [1.807, 2.05) is 6.07 Å². The van der Waals surface area contributed by atoms with E-state index in [1.54, 1.807) is 48.5 Å². The Kier molecular flexibility index (Phi) is 9.92. The van der Waals surface area contributed by atoms with Crippen LogP contribution in [0.1, 0.15) is 11.7 Å². The second-order valence-corrected chi connectivity index (χ2v) is 5.73. The van der Waals surface area contributed by atoms with Gasteiger partial charge in [0.15, 0.2) is 6.17 Å². The molecule has 1 unspecified atom stereocenters. The average Bonchev–Trinajstić information content (AvgIpc) is 3.13. The molecule has 2 aromatic carbocycles. The monoisotopic (exact) mass is 423 g/mol. The molecule has 3 rings (SSSR count). The smallest absolute Gasteiger partial charge is 0.546 e. The molecule has 3 aromatic rings. The second-order valence-electron chi connectivity index (χ2n) is 5.73. The molecule has 0 aliphatic heterocycles. The van der Waals surface area contributed by atoms with Crippen LogP contribution in [0.25, 0.3) is 11.0 Å². The van der Waals surface area contributed by atoms with E-state index in [2.05, 4.69) is 20.9 Å². The number of para-hydroxylation sites is 1. The van der Waals surface area contributed by atoms with Crippen LogP contribution in [0.4, 0.5) is 4.79 Å². The quantitative estimate of drug-likeness (QED) is 0.364. The molecule has 0 aliphatic carbocycles. The third kappa shape index (κ3) is 6.52. The molecule has 1 aromatic heterocycles. The number of nitrogens with one attached hydrogen (secondary N) is 2. The van der Waals surface area contributed by atoms with Crippen LogP contribution in [0.3, 0.4) is 0 Å². The number of fused-ring (bicyclic) bond motifs is 1. The number of carbonyl (C=O) groups is 3. The Morgan fingerprint density at radius 1 is 1.07 bits per heavy atom. The fraction of sp³-hybridized carbons (Fsp3) is 0.167. The summed E-state index contributed by atoms with van der Waals surface area (Å²) in [6, 6.07) is 15.7. The van der Waals surface area contributed by atoms with Crippen LogP contribution in [0, 0.1) is 0 Å². The zero-order chi connectivity index (χ0) is 19.9. The molecule has 152 valence electrons. The first-order valence-corrected chi connectivity index (χ1v) is 8.29. The van der Waals surface area contributed by atoms with E-state index in [0.717, 1.165) is 10.2 Å². The van der Waals surface area contributed by atoms with Crippen LogP contribution in [0.2, 0.25) is 0 Å². The van der Waals surface area contributed by atoms with Gasteiger partial charge in [-0.2, -0.15) is 0 Å². The summed E-state index contributed by atoms with van der Waals surface area (Å²) in [6.45, 7) is -0.440. The molecule has 0 aliphatic rings. The third-order valence-electron chi connectivity index (χ3n) is 3.75. The molecule has 1 heterocycles. The van der Waals surface area contributed by atoms with E-state index in [1.165, 1.54) is 0 Å². The largest absolute Gasteiger partial charge is 1.00 e. The number of nitrogens with zero attached hydrogens (tertiary/aromatic N) is 3. The van der Waals surface area contributed by atoms with Crippen molar-refractivity contribution in [2.24, 2.45) is 0 Å². The van der Waals surface area contributed by atoms with Crippen molar-refractivity contribution in [3.8, 4) is 0 Å². The molecule has 0 fully saturated rings. The maximum atomic E-state index is 12.0. The summed E-state index contributed by atoms with van der Waals surface area (Å²) >= 11 is 0. The predicted molar refractivity (Wildman–Crippen MR) is 98.0 cm³/mol. The van der Waals surface area contributed by atoms with Crippen molar-refractivity contribution in [1.82, 2.24) is 25.6 Å². The molecular formula is C18H18N5NaO6. The fourth-order valence-corrected chi connectivity index (χ4v) is 2.43. The predicted octanol–water partition coefficient (Wildman–Crippen LogP) is -4.10. The van der Waals surface area contributed by atoms with Gasteiger partial charge in [-0.05, 0) is 17.7 Å². The second kappa shape index (κ2) is 11.9. The number of hydrogen-bond acceptors (Lipinski definition) is 7. The Bertz CT molecular complexity index is 997. The summed E-state index contributed by atoms with van der Waals surface area (Å²) in [5.41, 5.74) is 1.66. The van der Waals surface area contributed by atoms with Crippen molar-refractivity contribution >= 4 is 29.0 Å². The number of carbonyl (C=O) groups excluding carboxylic acids is 3. The van der Waals surface area contributed by atoms with Crippen LogP contribution in [0.5, 0.6) is 0 Å². The summed E-state index contributed by atoms with van der Waals surface area (Å²) in [5.74, 6) is -2.33. The normalized spacial score (nSPS) is 10.8. The fourth-order valence-electron chi connectivity index (χ4n) is 2.43. The molecule has 0 spiro atoms. The van der Waals surface area contributed by atoms with Crippen LogP contribution < -0.4 is 45.3 Å². The first-order valence-electron chi connectivity index (χ1n) is 8.29. The Hall–Kier alpha value is -2.99. The van der Waals surface area contributed by atoms with Gasteiger partial charge in [-0.3, -0.25) is 4.79 Å². The Morgan fingerprint density at radius 2 is 1.73 bits per heavy atom. The number of aliphatic carboxylic acids is 1. The first kappa shape index (κ1) is 25.0. The molecular weight excluding hydrogens is 405 g/mol. The van der Waals surface area contributed by atoms with E-state index < -0.39 is 30.7 Å². The third-order valence-corrected chi connectivity index (χ3v) is 3.75. The van der Waals surface area contributed by atoms with Crippen LogP contribution in [-0.4, -0.2) is 45.0 Å². The molecule has 12 heteroatoms. The van der Waals surface area contributed by atoms with Crippen LogP contribution >= 0.6 is 0 Å². The van der Waals surface area contributed by atoms with Crippen molar-refractivity contribution in [1.29, 1.82) is 0 Å². The van der Waals surface area contributed by atoms with Gasteiger partial charge in [-0.1, -0.05) is 47.7 Å². The maximum absolute atomic E-state index is 12.0. The van der Waals surface area contributed by atoms with Crippen molar-refractivity contribution in [3.63, 3.8) is 0 Å². The van der Waals surface area contributed by atoms with Gasteiger partial charge >= 0.3 is 35.7 Å². The number of aromatic nitrogens is 3. The Morgan fingerprint density at radius 3 is 2.43 bits per heavy atom. The molecule has 4 N–H and O–H groups in total. The number of carboxylic acid groups (broad SMARTS) is 1. The van der Waals surface area contributed by atoms with Gasteiger partial charge in [-0.25, -0.2) is 9.48 Å². The summed E-state index contributed by atoms with van der Waals surface area (Å²) < 4.78 is 6.00. The number of hydrogen-bond donors (Lipinski definition) is 2. The minimum atomic E-state index is -1.58. The maximum Gasteiger partial charge on any atom is 1.00 e. The molecule has 30 heavy (non-hydrogen) atoms. The number of amides is 2. The molecule has 2 amide bonds. The van der Waals surface area contributed by atoms with Gasteiger partial charge in [0, 0.05) is 0 Å². The minimum absolute atomic E-state index is 0. The molecule has 1 atom stereocenters. The first-order chi connectivity index (χ1) is 13.5. The summed E-state index contributed by atoms with van der Waals surface area (Å²) in [5, 5.41) is 23.5. The SMILES string of the molecule is O.O=C(CNC(=O)OCc1ccccc1)NC(C(=O)[O-])n1nnc2ccccc21.[Na+]. The molecule has 0 radical (unpaired) electrons. The Labute approximate surface area is 193 Å². The van der Waals surface area contributed by atoms with E-state index in [4.69, 9.17) is 4.74 Å². The summed E-state index contributed by atoms with van der Waals surface area (Å²) in [4.78, 5) is 35.2. The molecule has 11 nitrogen and oxygen atoms in total. The molecule has 0 saturated carbocycles. The van der Waals surface area contributed by atoms with Crippen molar-refractivity contribution < 1.29 is 59.3 Å². The van der Waals surface area contributed by atoms with Crippen molar-refractivity contribution in [2.75, 3.05) is 6.54 Å². The number of alkyl carbamates (subject to hydrolysis) is 1. The van der Waals surface area contributed by atoms with E-state index in [0.29, 0.717) is 11.0 Å². The van der Waals surface area contributed by atoms with Gasteiger partial charge in [0.1, 0.15) is 18.7 Å². The van der Waals surface area contributed by atoms with E-state index in [-0.39, 0.29) is 41.6 Å². The summed E-state index contributed by atoms with van der Waals surface area (Å²) in [6.07, 6.45) is -2.39. The van der Waals surface area contributed by atoms with Crippen LogP contribution in [0.15, 0.2) is 54.6 Å². The van der Waals surface area contributed by atoms with E-state index >= 15 is 0 Å². The van der Waals surface area contributed by atoms with Crippen molar-refractivity contribution in [3.05, 3.63) is 60.2 Å². The molecule has 0 saturated heterocycles. The van der Waals surface area contributed by atoms with Gasteiger partial charge in [0.2, 0.25) is 5.91 Å². The van der Waals surface area contributed by atoms with Crippen LogP contribution in [-0.2, 0) is 20.9 Å². The minimum Gasteiger partial charge on any atom is -0.546 e.